The molecule has 4 heteroatoms. The lowest BCUT2D eigenvalue weighted by molar-refractivity contribution is -0.150. The number of rotatable bonds is 2. The van der Waals surface area contributed by atoms with Gasteiger partial charge in [-0.15, -0.1) is 0 Å². The van der Waals surface area contributed by atoms with E-state index < -0.39 is 0 Å². The highest BCUT2D eigenvalue weighted by molar-refractivity contribution is 5.95. The van der Waals surface area contributed by atoms with Gasteiger partial charge < -0.3 is 10.2 Å². The SMILES string of the molecule is CCC(C)C1NC(=O)CN(C(C)(C)C)C1=O. The predicted molar refractivity (Wildman–Crippen MR) is 62.9 cm³/mol. The van der Waals surface area contributed by atoms with Crippen molar-refractivity contribution in [1.82, 2.24) is 10.2 Å². The van der Waals surface area contributed by atoms with Crippen LogP contribution in [0.5, 0.6) is 0 Å². The second-order valence-corrected chi connectivity index (χ2v) is 5.53. The van der Waals surface area contributed by atoms with Gasteiger partial charge in [-0.3, -0.25) is 9.59 Å². The predicted octanol–water partition coefficient (Wildman–Crippen LogP) is 1.16. The maximum atomic E-state index is 12.2. The second kappa shape index (κ2) is 4.44. The molecule has 16 heavy (non-hydrogen) atoms. The van der Waals surface area contributed by atoms with E-state index >= 15 is 0 Å². The minimum atomic E-state index is -0.356. The summed E-state index contributed by atoms with van der Waals surface area (Å²) in [5.41, 5.74) is -0.291. The smallest absolute Gasteiger partial charge is 0.246 e. The van der Waals surface area contributed by atoms with E-state index in [0.717, 1.165) is 6.42 Å². The van der Waals surface area contributed by atoms with Gasteiger partial charge in [-0.05, 0) is 26.7 Å². The van der Waals surface area contributed by atoms with Crippen molar-refractivity contribution in [3.05, 3.63) is 0 Å². The standard InChI is InChI=1S/C12H22N2O2/c1-6-8(2)10-11(16)14(12(3,4)5)7-9(15)13-10/h8,10H,6-7H2,1-5H3,(H,13,15). The summed E-state index contributed by atoms with van der Waals surface area (Å²) in [7, 11) is 0. The summed E-state index contributed by atoms with van der Waals surface area (Å²) in [4.78, 5) is 25.5. The van der Waals surface area contributed by atoms with Crippen molar-refractivity contribution in [3.63, 3.8) is 0 Å². The molecule has 0 aromatic rings. The van der Waals surface area contributed by atoms with Crippen LogP contribution in [0.4, 0.5) is 0 Å². The van der Waals surface area contributed by atoms with Crippen LogP contribution in [0.25, 0.3) is 0 Å². The van der Waals surface area contributed by atoms with Gasteiger partial charge in [0.1, 0.15) is 12.6 Å². The highest BCUT2D eigenvalue weighted by Crippen LogP contribution is 2.21. The van der Waals surface area contributed by atoms with Crippen LogP contribution >= 0.6 is 0 Å². The summed E-state index contributed by atoms with van der Waals surface area (Å²) < 4.78 is 0. The van der Waals surface area contributed by atoms with E-state index in [1.54, 1.807) is 4.90 Å². The maximum Gasteiger partial charge on any atom is 0.246 e. The Balaban J connectivity index is 2.91. The minimum absolute atomic E-state index is 0.0430. The monoisotopic (exact) mass is 226 g/mol. The highest BCUT2D eigenvalue weighted by atomic mass is 16.2. The molecule has 2 amide bonds. The quantitative estimate of drug-likeness (QED) is 0.768. The number of amides is 2. The van der Waals surface area contributed by atoms with Crippen LogP contribution in [-0.2, 0) is 9.59 Å². The van der Waals surface area contributed by atoms with Crippen molar-refractivity contribution in [2.75, 3.05) is 6.54 Å². The first kappa shape index (κ1) is 13.0. The topological polar surface area (TPSA) is 49.4 Å². The van der Waals surface area contributed by atoms with Crippen LogP contribution in [0.15, 0.2) is 0 Å². The van der Waals surface area contributed by atoms with Crippen LogP contribution in [0.1, 0.15) is 41.0 Å². The van der Waals surface area contributed by atoms with Crippen molar-refractivity contribution < 1.29 is 9.59 Å². The molecular weight excluding hydrogens is 204 g/mol. The molecular formula is C12H22N2O2. The number of carbonyl (C=O) groups is 2. The summed E-state index contributed by atoms with van der Waals surface area (Å²) in [6.45, 7) is 10.1. The van der Waals surface area contributed by atoms with E-state index in [1.165, 1.54) is 0 Å². The minimum Gasteiger partial charge on any atom is -0.342 e. The highest BCUT2D eigenvalue weighted by Gasteiger charge is 2.39. The molecule has 1 aliphatic heterocycles. The summed E-state index contributed by atoms with van der Waals surface area (Å²) in [5.74, 6) is 0.169. The summed E-state index contributed by atoms with van der Waals surface area (Å²) in [5, 5.41) is 2.79. The largest absolute Gasteiger partial charge is 0.342 e. The molecule has 92 valence electrons. The lowest BCUT2D eigenvalue weighted by Crippen LogP contribution is -2.64. The van der Waals surface area contributed by atoms with E-state index in [4.69, 9.17) is 0 Å². The molecule has 0 aliphatic carbocycles. The zero-order valence-electron chi connectivity index (χ0n) is 10.8. The van der Waals surface area contributed by atoms with Crippen molar-refractivity contribution in [2.45, 2.75) is 52.6 Å². The molecule has 4 nitrogen and oxygen atoms in total. The van der Waals surface area contributed by atoms with Crippen LogP contribution in [0.3, 0.4) is 0 Å². The molecule has 1 N–H and O–H groups in total. The normalized spacial score (nSPS) is 24.3. The third-order valence-corrected chi connectivity index (χ3v) is 3.17. The van der Waals surface area contributed by atoms with Crippen LogP contribution in [0, 0.1) is 5.92 Å². The Morgan fingerprint density at radius 3 is 2.44 bits per heavy atom. The Morgan fingerprint density at radius 2 is 2.00 bits per heavy atom. The van der Waals surface area contributed by atoms with E-state index in [-0.39, 0.29) is 35.9 Å². The fourth-order valence-electron chi connectivity index (χ4n) is 1.86. The van der Waals surface area contributed by atoms with E-state index in [1.807, 2.05) is 34.6 Å². The number of piperazine rings is 1. The molecule has 0 saturated carbocycles. The van der Waals surface area contributed by atoms with Crippen molar-refractivity contribution >= 4 is 11.8 Å². The Bertz CT molecular complexity index is 294. The molecule has 1 aliphatic rings. The zero-order chi connectivity index (χ0) is 12.5. The fourth-order valence-corrected chi connectivity index (χ4v) is 1.86. The lowest BCUT2D eigenvalue weighted by Gasteiger charge is -2.42. The molecule has 1 fully saturated rings. The molecule has 1 heterocycles. The molecule has 2 unspecified atom stereocenters. The van der Waals surface area contributed by atoms with Gasteiger partial charge in [-0.1, -0.05) is 20.3 Å². The molecule has 2 atom stereocenters. The van der Waals surface area contributed by atoms with Gasteiger partial charge in [-0.2, -0.15) is 0 Å². The summed E-state index contributed by atoms with van der Waals surface area (Å²) in [6.07, 6.45) is 0.884. The number of nitrogens with zero attached hydrogens (tertiary/aromatic N) is 1. The third-order valence-electron chi connectivity index (χ3n) is 3.17. The first-order valence-electron chi connectivity index (χ1n) is 5.88. The number of hydrogen-bond donors (Lipinski definition) is 1. The molecule has 1 rings (SSSR count). The van der Waals surface area contributed by atoms with Gasteiger partial charge in [0, 0.05) is 5.54 Å². The Labute approximate surface area is 97.4 Å². The number of carbonyl (C=O) groups excluding carboxylic acids is 2. The Hall–Kier alpha value is -1.06. The van der Waals surface area contributed by atoms with E-state index in [9.17, 15) is 9.59 Å². The Morgan fingerprint density at radius 1 is 1.44 bits per heavy atom. The lowest BCUT2D eigenvalue weighted by atomic mass is 9.93. The molecule has 0 bridgehead atoms. The molecule has 0 aromatic heterocycles. The van der Waals surface area contributed by atoms with Gasteiger partial charge in [-0.25, -0.2) is 0 Å². The second-order valence-electron chi connectivity index (χ2n) is 5.53. The fraction of sp³-hybridized carbons (Fsp3) is 0.833. The van der Waals surface area contributed by atoms with Gasteiger partial charge in [0.05, 0.1) is 0 Å². The van der Waals surface area contributed by atoms with Gasteiger partial charge >= 0.3 is 0 Å². The number of hydrogen-bond acceptors (Lipinski definition) is 2. The molecule has 1 saturated heterocycles. The van der Waals surface area contributed by atoms with Crippen molar-refractivity contribution in [3.8, 4) is 0 Å². The van der Waals surface area contributed by atoms with Gasteiger partial charge in [0.15, 0.2) is 0 Å². The third kappa shape index (κ3) is 2.54. The van der Waals surface area contributed by atoms with E-state index in [2.05, 4.69) is 5.32 Å². The van der Waals surface area contributed by atoms with Crippen LogP contribution in [-0.4, -0.2) is 34.8 Å². The van der Waals surface area contributed by atoms with Crippen molar-refractivity contribution in [2.24, 2.45) is 5.92 Å². The first-order valence-corrected chi connectivity index (χ1v) is 5.88. The van der Waals surface area contributed by atoms with Gasteiger partial charge in [0.25, 0.3) is 0 Å². The first-order chi connectivity index (χ1) is 7.27. The average molecular weight is 226 g/mol. The zero-order valence-corrected chi connectivity index (χ0v) is 10.8. The molecule has 0 spiro atoms. The molecule has 0 aromatic carbocycles. The average Bonchev–Trinajstić information content (AvgIpc) is 2.18. The summed E-state index contributed by atoms with van der Waals surface area (Å²) >= 11 is 0. The van der Waals surface area contributed by atoms with Crippen LogP contribution < -0.4 is 5.32 Å². The van der Waals surface area contributed by atoms with E-state index in [0.29, 0.717) is 0 Å². The Kier molecular flexibility index (Phi) is 3.61. The maximum absolute atomic E-state index is 12.2. The number of nitrogens with one attached hydrogen (secondary N) is 1. The summed E-state index contributed by atoms with van der Waals surface area (Å²) in [6, 6.07) is -0.356. The van der Waals surface area contributed by atoms with Crippen molar-refractivity contribution in [1.29, 1.82) is 0 Å². The van der Waals surface area contributed by atoms with Crippen LogP contribution in [0.2, 0.25) is 0 Å². The molecule has 0 radical (unpaired) electrons. The van der Waals surface area contributed by atoms with Gasteiger partial charge in [0.2, 0.25) is 11.8 Å².